The molecule has 1 heterocycles. The van der Waals surface area contributed by atoms with Crippen molar-refractivity contribution >= 4 is 0 Å². The van der Waals surface area contributed by atoms with E-state index in [0.29, 0.717) is 11.6 Å². The van der Waals surface area contributed by atoms with Crippen LogP contribution in [0, 0.1) is 11.6 Å². The monoisotopic (exact) mass is 282 g/mol. The first-order chi connectivity index (χ1) is 9.67. The fraction of sp³-hybridized carbons (Fsp3) is 0.625. The first kappa shape index (κ1) is 15.4. The highest BCUT2D eigenvalue weighted by Crippen LogP contribution is 2.25. The summed E-state index contributed by atoms with van der Waals surface area (Å²) in [6, 6.07) is 4.87. The fourth-order valence-electron chi connectivity index (χ4n) is 3.14. The minimum Gasteiger partial charge on any atom is -0.309 e. The van der Waals surface area contributed by atoms with Crippen molar-refractivity contribution < 1.29 is 8.78 Å². The number of likely N-dealkylation sites (N-methyl/N-ethyl adjacent to an activating group) is 1. The van der Waals surface area contributed by atoms with E-state index in [2.05, 4.69) is 17.1 Å². The summed E-state index contributed by atoms with van der Waals surface area (Å²) in [6.45, 7) is 6.72. The standard InChI is InChI=1S/C16H24F2N2/c1-3-12-7-6-10-20(12)11-15(19-4-2)13-8-5-9-14(17)16(13)18/h5,8-9,12,15,19H,3-4,6-7,10-11H2,1-2H3. The van der Waals surface area contributed by atoms with E-state index in [-0.39, 0.29) is 6.04 Å². The molecule has 2 rings (SSSR count). The summed E-state index contributed by atoms with van der Waals surface area (Å²) < 4.78 is 27.4. The largest absolute Gasteiger partial charge is 0.309 e. The Morgan fingerprint density at radius 2 is 2.15 bits per heavy atom. The third kappa shape index (κ3) is 3.36. The molecule has 1 aromatic rings. The van der Waals surface area contributed by atoms with E-state index in [0.717, 1.165) is 26.1 Å². The first-order valence-corrected chi connectivity index (χ1v) is 7.58. The summed E-state index contributed by atoms with van der Waals surface area (Å²) in [5, 5.41) is 3.29. The zero-order valence-electron chi connectivity index (χ0n) is 12.3. The van der Waals surface area contributed by atoms with Crippen LogP contribution in [0.15, 0.2) is 18.2 Å². The fourth-order valence-corrected chi connectivity index (χ4v) is 3.14. The molecular formula is C16H24F2N2. The third-order valence-electron chi connectivity index (χ3n) is 4.19. The van der Waals surface area contributed by atoms with Crippen molar-refractivity contribution in [2.75, 3.05) is 19.6 Å². The Hall–Kier alpha value is -1.00. The van der Waals surface area contributed by atoms with Gasteiger partial charge in [0, 0.05) is 24.2 Å². The van der Waals surface area contributed by atoms with Crippen molar-refractivity contribution in [3.63, 3.8) is 0 Å². The van der Waals surface area contributed by atoms with Crippen molar-refractivity contribution in [1.29, 1.82) is 0 Å². The molecule has 1 saturated heterocycles. The number of hydrogen-bond acceptors (Lipinski definition) is 2. The molecule has 1 aromatic carbocycles. The van der Waals surface area contributed by atoms with Crippen molar-refractivity contribution in [3.05, 3.63) is 35.4 Å². The highest BCUT2D eigenvalue weighted by molar-refractivity contribution is 5.23. The van der Waals surface area contributed by atoms with Crippen LogP contribution in [-0.4, -0.2) is 30.6 Å². The molecule has 0 saturated carbocycles. The molecule has 0 spiro atoms. The molecule has 1 aliphatic heterocycles. The minimum absolute atomic E-state index is 0.150. The van der Waals surface area contributed by atoms with Gasteiger partial charge in [-0.15, -0.1) is 0 Å². The van der Waals surface area contributed by atoms with Gasteiger partial charge in [-0.05, 0) is 38.4 Å². The van der Waals surface area contributed by atoms with Gasteiger partial charge in [0.25, 0.3) is 0 Å². The highest BCUT2D eigenvalue weighted by atomic mass is 19.2. The van der Waals surface area contributed by atoms with Gasteiger partial charge in [0.05, 0.1) is 0 Å². The lowest BCUT2D eigenvalue weighted by Gasteiger charge is -2.29. The van der Waals surface area contributed by atoms with Gasteiger partial charge in [-0.2, -0.15) is 0 Å². The zero-order chi connectivity index (χ0) is 14.5. The Bertz CT molecular complexity index is 436. The molecule has 0 aliphatic carbocycles. The molecule has 4 heteroatoms. The Morgan fingerprint density at radius 1 is 1.35 bits per heavy atom. The average Bonchev–Trinajstić information content (AvgIpc) is 2.89. The van der Waals surface area contributed by atoms with Gasteiger partial charge in [-0.1, -0.05) is 26.0 Å². The summed E-state index contributed by atoms with van der Waals surface area (Å²) in [7, 11) is 0. The topological polar surface area (TPSA) is 15.3 Å². The predicted molar refractivity (Wildman–Crippen MR) is 77.7 cm³/mol. The van der Waals surface area contributed by atoms with E-state index in [1.54, 1.807) is 12.1 Å². The van der Waals surface area contributed by atoms with Crippen LogP contribution in [0.1, 0.15) is 44.7 Å². The Balaban J connectivity index is 2.16. The quantitative estimate of drug-likeness (QED) is 0.859. The lowest BCUT2D eigenvalue weighted by Crippen LogP contribution is -2.38. The maximum Gasteiger partial charge on any atom is 0.163 e. The van der Waals surface area contributed by atoms with Crippen LogP contribution in [-0.2, 0) is 0 Å². The predicted octanol–water partition coefficient (Wildman–Crippen LogP) is 3.49. The summed E-state index contributed by atoms with van der Waals surface area (Å²) in [6.07, 6.45) is 3.52. The van der Waals surface area contributed by atoms with Crippen LogP contribution in [0.4, 0.5) is 8.78 Å². The molecule has 2 unspecified atom stereocenters. The number of nitrogens with zero attached hydrogens (tertiary/aromatic N) is 1. The molecule has 0 radical (unpaired) electrons. The summed E-state index contributed by atoms with van der Waals surface area (Å²) >= 11 is 0. The van der Waals surface area contributed by atoms with E-state index in [9.17, 15) is 8.78 Å². The van der Waals surface area contributed by atoms with Crippen molar-refractivity contribution in [3.8, 4) is 0 Å². The molecule has 112 valence electrons. The number of halogens is 2. The number of nitrogens with one attached hydrogen (secondary N) is 1. The molecule has 1 aliphatic rings. The second kappa shape index (κ2) is 7.14. The molecule has 1 N–H and O–H groups in total. The molecule has 2 atom stereocenters. The van der Waals surface area contributed by atoms with E-state index in [4.69, 9.17) is 0 Å². The maximum atomic E-state index is 14.0. The minimum atomic E-state index is -0.765. The first-order valence-electron chi connectivity index (χ1n) is 7.58. The van der Waals surface area contributed by atoms with Crippen molar-refractivity contribution in [1.82, 2.24) is 10.2 Å². The van der Waals surface area contributed by atoms with Gasteiger partial charge in [-0.3, -0.25) is 4.90 Å². The third-order valence-corrected chi connectivity index (χ3v) is 4.19. The lowest BCUT2D eigenvalue weighted by molar-refractivity contribution is 0.219. The van der Waals surface area contributed by atoms with E-state index < -0.39 is 11.6 Å². The maximum absolute atomic E-state index is 14.0. The Kier molecular flexibility index (Phi) is 5.49. The Morgan fingerprint density at radius 3 is 2.85 bits per heavy atom. The number of hydrogen-bond donors (Lipinski definition) is 1. The van der Waals surface area contributed by atoms with E-state index >= 15 is 0 Å². The van der Waals surface area contributed by atoms with Crippen LogP contribution in [0.2, 0.25) is 0 Å². The summed E-state index contributed by atoms with van der Waals surface area (Å²) in [5.41, 5.74) is 0.439. The summed E-state index contributed by atoms with van der Waals surface area (Å²) in [5.74, 6) is -1.48. The van der Waals surface area contributed by atoms with Crippen molar-refractivity contribution in [2.45, 2.75) is 45.2 Å². The molecule has 20 heavy (non-hydrogen) atoms. The average molecular weight is 282 g/mol. The van der Waals surface area contributed by atoms with Gasteiger partial charge < -0.3 is 5.32 Å². The molecular weight excluding hydrogens is 258 g/mol. The van der Waals surface area contributed by atoms with Crippen LogP contribution in [0.3, 0.4) is 0 Å². The van der Waals surface area contributed by atoms with E-state index in [1.807, 2.05) is 6.92 Å². The smallest absolute Gasteiger partial charge is 0.163 e. The van der Waals surface area contributed by atoms with Gasteiger partial charge in [0.1, 0.15) is 0 Å². The zero-order valence-corrected chi connectivity index (χ0v) is 12.3. The molecule has 0 bridgehead atoms. The van der Waals surface area contributed by atoms with Gasteiger partial charge in [-0.25, -0.2) is 8.78 Å². The van der Waals surface area contributed by atoms with Crippen LogP contribution in [0.25, 0.3) is 0 Å². The van der Waals surface area contributed by atoms with E-state index in [1.165, 1.54) is 18.9 Å². The normalized spacial score (nSPS) is 21.3. The number of rotatable bonds is 6. The van der Waals surface area contributed by atoms with Crippen molar-refractivity contribution in [2.24, 2.45) is 0 Å². The van der Waals surface area contributed by atoms with Gasteiger partial charge in [0.2, 0.25) is 0 Å². The van der Waals surface area contributed by atoms with Gasteiger partial charge >= 0.3 is 0 Å². The second-order valence-corrected chi connectivity index (χ2v) is 5.45. The van der Waals surface area contributed by atoms with Gasteiger partial charge in [0.15, 0.2) is 11.6 Å². The lowest BCUT2D eigenvalue weighted by atomic mass is 10.0. The van der Waals surface area contributed by atoms with Crippen LogP contribution >= 0.6 is 0 Å². The SMILES string of the molecule is CCNC(CN1CCCC1CC)c1cccc(F)c1F. The second-order valence-electron chi connectivity index (χ2n) is 5.45. The number of likely N-dealkylation sites (tertiary alicyclic amines) is 1. The highest BCUT2D eigenvalue weighted by Gasteiger charge is 2.27. The van der Waals surface area contributed by atoms with Crippen LogP contribution < -0.4 is 5.32 Å². The molecule has 1 fully saturated rings. The Labute approximate surface area is 120 Å². The van der Waals surface area contributed by atoms with Crippen LogP contribution in [0.5, 0.6) is 0 Å². The molecule has 2 nitrogen and oxygen atoms in total. The summed E-state index contributed by atoms with van der Waals surface area (Å²) in [4.78, 5) is 2.40. The molecule has 0 aromatic heterocycles. The number of benzene rings is 1. The molecule has 0 amide bonds.